The molecule has 0 bridgehead atoms. The Morgan fingerprint density at radius 3 is 2.76 bits per heavy atom. The van der Waals surface area contributed by atoms with Crippen molar-refractivity contribution in [1.29, 1.82) is 0 Å². The number of esters is 1. The van der Waals surface area contributed by atoms with Crippen LogP contribution in [0.2, 0.25) is 0 Å². The fraction of sp³-hybridized carbons (Fsp3) is 0.714. The first-order valence-electron chi connectivity index (χ1n) is 7.91. The summed E-state index contributed by atoms with van der Waals surface area (Å²) in [5.74, 6) is -0.782. The van der Waals surface area contributed by atoms with Gasteiger partial charge in [-0.1, -0.05) is 20.3 Å². The van der Waals surface area contributed by atoms with Crippen LogP contribution in [0.25, 0.3) is 0 Å². The lowest BCUT2D eigenvalue weighted by molar-refractivity contribution is -0.153. The van der Waals surface area contributed by atoms with E-state index in [1.165, 1.54) is 0 Å². The summed E-state index contributed by atoms with van der Waals surface area (Å²) in [5.41, 5.74) is 10.3. The Morgan fingerprint density at radius 1 is 1.48 bits per heavy atom. The smallest absolute Gasteiger partial charge is 0.368 e. The molecule has 2 rings (SSSR count). The monoisotopic (exact) mass is 357 g/mol. The van der Waals surface area contributed by atoms with Crippen LogP contribution in [-0.4, -0.2) is 61.9 Å². The molecule has 0 spiro atoms. The Hall–Kier alpha value is -2.08. The van der Waals surface area contributed by atoms with Crippen LogP contribution in [0.4, 0.5) is 5.82 Å². The standard InChI is InChI=1S/C14H23N5O6/c1-3-6(2)9(16)13(22)24-5-7-10(20)11(21)12(25-7)19-14(23)18-8(15)4-17-19/h4,6-7,9-12,20-21H,3,5,16H2,1-2H3,(H2,15,18,23)/t6-,7+,9-,10?,11?,12+/m0/s1. The Kier molecular flexibility index (Phi) is 6.06. The van der Waals surface area contributed by atoms with Crippen LogP contribution in [0, 0.1) is 5.92 Å². The molecule has 0 aliphatic carbocycles. The average molecular weight is 357 g/mol. The highest BCUT2D eigenvalue weighted by atomic mass is 16.6. The maximum Gasteiger partial charge on any atom is 0.368 e. The second-order valence-electron chi connectivity index (χ2n) is 6.00. The lowest BCUT2D eigenvalue weighted by Gasteiger charge is -2.19. The molecule has 0 aromatic carbocycles. The van der Waals surface area contributed by atoms with Crippen molar-refractivity contribution in [2.75, 3.05) is 12.3 Å². The van der Waals surface area contributed by atoms with Gasteiger partial charge in [0.25, 0.3) is 0 Å². The minimum absolute atomic E-state index is 0.0658. The van der Waals surface area contributed by atoms with Gasteiger partial charge in [0, 0.05) is 0 Å². The number of anilines is 1. The minimum Gasteiger partial charge on any atom is -0.462 e. The predicted molar refractivity (Wildman–Crippen MR) is 85.0 cm³/mol. The van der Waals surface area contributed by atoms with Crippen molar-refractivity contribution in [3.05, 3.63) is 16.7 Å². The molecule has 2 unspecified atom stereocenters. The summed E-state index contributed by atoms with van der Waals surface area (Å²) in [7, 11) is 0. The van der Waals surface area contributed by atoms with Crippen LogP contribution in [-0.2, 0) is 14.3 Å². The van der Waals surface area contributed by atoms with E-state index in [9.17, 15) is 19.8 Å². The fourth-order valence-corrected chi connectivity index (χ4v) is 2.35. The van der Waals surface area contributed by atoms with Crippen molar-refractivity contribution < 1.29 is 24.5 Å². The normalized spacial score (nSPS) is 28.5. The molecule has 1 aromatic rings. The predicted octanol–water partition coefficient (Wildman–Crippen LogP) is -2.24. The number of aliphatic hydroxyl groups is 2. The van der Waals surface area contributed by atoms with Gasteiger partial charge in [0.05, 0.1) is 6.20 Å². The van der Waals surface area contributed by atoms with E-state index in [0.717, 1.165) is 10.9 Å². The van der Waals surface area contributed by atoms with Crippen molar-refractivity contribution in [3.8, 4) is 0 Å². The minimum atomic E-state index is -1.46. The molecule has 11 nitrogen and oxygen atoms in total. The molecule has 1 saturated heterocycles. The maximum absolute atomic E-state index is 11.9. The third-order valence-corrected chi connectivity index (χ3v) is 4.23. The van der Waals surface area contributed by atoms with Gasteiger partial charge >= 0.3 is 11.7 Å². The van der Waals surface area contributed by atoms with E-state index in [1.54, 1.807) is 0 Å². The van der Waals surface area contributed by atoms with Gasteiger partial charge in [-0.15, -0.1) is 0 Å². The zero-order valence-electron chi connectivity index (χ0n) is 14.0. The Labute approximate surface area is 143 Å². The number of nitrogen functional groups attached to an aromatic ring is 1. The van der Waals surface area contributed by atoms with Crippen LogP contribution >= 0.6 is 0 Å². The molecular weight excluding hydrogens is 334 g/mol. The van der Waals surface area contributed by atoms with Crippen molar-refractivity contribution in [3.63, 3.8) is 0 Å². The van der Waals surface area contributed by atoms with Gasteiger partial charge in [-0.2, -0.15) is 14.8 Å². The first kappa shape index (κ1) is 19.2. The molecular formula is C14H23N5O6. The van der Waals surface area contributed by atoms with Crippen molar-refractivity contribution >= 4 is 11.8 Å². The van der Waals surface area contributed by atoms with Gasteiger partial charge in [-0.25, -0.2) is 4.79 Å². The summed E-state index contributed by atoms with van der Waals surface area (Å²) >= 11 is 0. The number of nitrogens with two attached hydrogens (primary N) is 2. The zero-order chi connectivity index (χ0) is 18.7. The van der Waals surface area contributed by atoms with Crippen LogP contribution in [0.3, 0.4) is 0 Å². The number of rotatable bonds is 6. The van der Waals surface area contributed by atoms with E-state index in [2.05, 4.69) is 10.1 Å². The third-order valence-electron chi connectivity index (χ3n) is 4.23. The average Bonchev–Trinajstić information content (AvgIpc) is 2.86. The molecule has 6 N–H and O–H groups in total. The number of carbonyl (C=O) groups is 1. The summed E-state index contributed by atoms with van der Waals surface area (Å²) in [5, 5.41) is 23.9. The highest BCUT2D eigenvalue weighted by molar-refractivity contribution is 5.75. The second-order valence-corrected chi connectivity index (χ2v) is 6.00. The van der Waals surface area contributed by atoms with Gasteiger partial charge < -0.3 is 31.2 Å². The van der Waals surface area contributed by atoms with Gasteiger partial charge in [-0.3, -0.25) is 4.79 Å². The number of hydrogen-bond donors (Lipinski definition) is 4. The molecule has 6 atom stereocenters. The van der Waals surface area contributed by atoms with Crippen LogP contribution in [0.15, 0.2) is 11.0 Å². The molecule has 11 heteroatoms. The Bertz CT molecular complexity index is 667. The first-order chi connectivity index (χ1) is 11.8. The van der Waals surface area contributed by atoms with Crippen LogP contribution in [0.5, 0.6) is 0 Å². The largest absolute Gasteiger partial charge is 0.462 e. The van der Waals surface area contributed by atoms with E-state index in [-0.39, 0.29) is 18.3 Å². The topological polar surface area (TPSA) is 176 Å². The molecule has 0 radical (unpaired) electrons. The lowest BCUT2D eigenvalue weighted by Crippen LogP contribution is -2.41. The van der Waals surface area contributed by atoms with Crippen molar-refractivity contribution in [2.45, 2.75) is 50.8 Å². The van der Waals surface area contributed by atoms with E-state index in [0.29, 0.717) is 6.42 Å². The van der Waals surface area contributed by atoms with Gasteiger partial charge in [0.1, 0.15) is 36.8 Å². The van der Waals surface area contributed by atoms with Crippen molar-refractivity contribution in [2.24, 2.45) is 11.7 Å². The molecule has 0 saturated carbocycles. The third kappa shape index (κ3) is 4.12. The first-order valence-corrected chi connectivity index (χ1v) is 7.91. The molecule has 2 heterocycles. The molecule has 0 amide bonds. The van der Waals surface area contributed by atoms with E-state index >= 15 is 0 Å². The molecule has 1 aliphatic rings. The SMILES string of the molecule is CC[C@H](C)[C@H](N)C(=O)OC[C@H]1O[C@@H](n2ncc(N)nc2=O)C(O)C1O. The number of carbonyl (C=O) groups excluding carboxylic acids is 1. The second kappa shape index (κ2) is 7.87. The van der Waals surface area contributed by atoms with E-state index in [1.807, 2.05) is 13.8 Å². The van der Waals surface area contributed by atoms with Crippen molar-refractivity contribution in [1.82, 2.24) is 14.8 Å². The maximum atomic E-state index is 11.9. The fourth-order valence-electron chi connectivity index (χ4n) is 2.35. The van der Waals surface area contributed by atoms with Gasteiger partial charge in [0.2, 0.25) is 0 Å². The Balaban J connectivity index is 2.02. The molecule has 1 aromatic heterocycles. The number of ether oxygens (including phenoxy) is 2. The molecule has 140 valence electrons. The van der Waals surface area contributed by atoms with E-state index < -0.39 is 42.2 Å². The highest BCUT2D eigenvalue weighted by Gasteiger charge is 2.45. The zero-order valence-corrected chi connectivity index (χ0v) is 14.0. The number of aromatic nitrogens is 3. The molecule has 1 aliphatic heterocycles. The van der Waals surface area contributed by atoms with Gasteiger partial charge in [-0.05, 0) is 5.92 Å². The summed E-state index contributed by atoms with van der Waals surface area (Å²) < 4.78 is 11.2. The van der Waals surface area contributed by atoms with E-state index in [4.69, 9.17) is 20.9 Å². The lowest BCUT2D eigenvalue weighted by atomic mass is 10.0. The molecule has 1 fully saturated rings. The summed E-state index contributed by atoms with van der Waals surface area (Å²) in [6.45, 7) is 3.39. The number of hydrogen-bond acceptors (Lipinski definition) is 10. The highest BCUT2D eigenvalue weighted by Crippen LogP contribution is 2.28. The van der Waals surface area contributed by atoms with Gasteiger partial charge in [0.15, 0.2) is 6.23 Å². The summed E-state index contributed by atoms with van der Waals surface area (Å²) in [4.78, 5) is 27.2. The molecule has 25 heavy (non-hydrogen) atoms. The number of aliphatic hydroxyl groups excluding tert-OH is 2. The summed E-state index contributed by atoms with van der Waals surface area (Å²) in [6, 6.07) is -0.796. The van der Waals surface area contributed by atoms with Crippen LogP contribution < -0.4 is 17.2 Å². The number of nitrogens with zero attached hydrogens (tertiary/aromatic N) is 3. The van der Waals surface area contributed by atoms with Crippen LogP contribution in [0.1, 0.15) is 26.5 Å². The summed E-state index contributed by atoms with van der Waals surface area (Å²) in [6.07, 6.45) is -3.34. The Morgan fingerprint density at radius 2 is 2.16 bits per heavy atom. The quantitative estimate of drug-likeness (QED) is 0.407.